The molecule has 1 fully saturated rings. The van der Waals surface area contributed by atoms with Gasteiger partial charge in [-0.15, -0.1) is 10.2 Å². The van der Waals surface area contributed by atoms with Gasteiger partial charge in [-0.05, 0) is 63.9 Å². The zero-order chi connectivity index (χ0) is 19.8. The van der Waals surface area contributed by atoms with E-state index in [1.165, 1.54) is 0 Å². The number of esters is 1. The normalized spacial score (nSPS) is 14.7. The van der Waals surface area contributed by atoms with Gasteiger partial charge in [-0.3, -0.25) is 0 Å². The standard InChI is InChI=1S/C21H23N3O4/c1-12-11-18(13(2)24(12)16-7-8-16)21(25)27-14(3)19-22-23-20(28-19)15-5-9-17(26-4)10-6-15/h5-6,9-11,14,16H,7-8H2,1-4H3/t14-/m1/s1. The molecule has 0 radical (unpaired) electrons. The molecule has 0 saturated heterocycles. The first kappa shape index (κ1) is 18.3. The number of carbonyl (C=O) groups excluding carboxylic acids is 1. The van der Waals surface area contributed by atoms with Gasteiger partial charge in [0, 0.05) is 23.0 Å². The Morgan fingerprint density at radius 2 is 1.93 bits per heavy atom. The lowest BCUT2D eigenvalue weighted by Crippen LogP contribution is -2.11. The Hall–Kier alpha value is -3.09. The van der Waals surface area contributed by atoms with E-state index in [0.717, 1.165) is 35.5 Å². The van der Waals surface area contributed by atoms with Gasteiger partial charge in [-0.2, -0.15) is 0 Å². The maximum Gasteiger partial charge on any atom is 0.340 e. The molecular weight excluding hydrogens is 358 g/mol. The number of ether oxygens (including phenoxy) is 2. The molecule has 3 aromatic rings. The molecule has 1 aliphatic rings. The monoisotopic (exact) mass is 381 g/mol. The minimum atomic E-state index is -0.643. The minimum Gasteiger partial charge on any atom is -0.497 e. The third-order valence-corrected chi connectivity index (χ3v) is 5.03. The van der Waals surface area contributed by atoms with Crippen LogP contribution in [0.15, 0.2) is 34.7 Å². The van der Waals surface area contributed by atoms with Crippen LogP contribution in [0.5, 0.6) is 5.75 Å². The molecule has 2 heterocycles. The van der Waals surface area contributed by atoms with Crippen LogP contribution in [0, 0.1) is 13.8 Å². The summed E-state index contributed by atoms with van der Waals surface area (Å²) in [5.74, 6) is 0.994. The quantitative estimate of drug-likeness (QED) is 0.588. The molecule has 28 heavy (non-hydrogen) atoms. The van der Waals surface area contributed by atoms with Crippen molar-refractivity contribution in [2.75, 3.05) is 7.11 Å². The Balaban J connectivity index is 1.48. The molecule has 0 amide bonds. The second kappa shape index (κ2) is 7.14. The molecule has 1 aromatic carbocycles. The second-order valence-corrected chi connectivity index (χ2v) is 7.11. The summed E-state index contributed by atoms with van der Waals surface area (Å²) in [5.41, 5.74) is 3.39. The van der Waals surface area contributed by atoms with Gasteiger partial charge in [0.25, 0.3) is 5.89 Å². The number of carbonyl (C=O) groups is 1. The highest BCUT2D eigenvalue weighted by molar-refractivity contribution is 5.91. The van der Waals surface area contributed by atoms with Crippen LogP contribution in [0.4, 0.5) is 0 Å². The van der Waals surface area contributed by atoms with Crippen molar-refractivity contribution in [2.45, 2.75) is 45.8 Å². The molecule has 0 N–H and O–H groups in total. The van der Waals surface area contributed by atoms with Crippen molar-refractivity contribution in [3.8, 4) is 17.2 Å². The van der Waals surface area contributed by atoms with Crippen LogP contribution in [-0.2, 0) is 4.74 Å². The van der Waals surface area contributed by atoms with Gasteiger partial charge in [0.05, 0.1) is 12.7 Å². The number of hydrogen-bond acceptors (Lipinski definition) is 6. The number of rotatable bonds is 6. The molecule has 4 rings (SSSR count). The number of hydrogen-bond donors (Lipinski definition) is 0. The molecule has 7 heteroatoms. The van der Waals surface area contributed by atoms with E-state index in [2.05, 4.69) is 14.8 Å². The Morgan fingerprint density at radius 3 is 2.57 bits per heavy atom. The van der Waals surface area contributed by atoms with Crippen LogP contribution >= 0.6 is 0 Å². The average molecular weight is 381 g/mol. The van der Waals surface area contributed by atoms with E-state index in [9.17, 15) is 4.79 Å². The highest BCUT2D eigenvalue weighted by atomic mass is 16.6. The third-order valence-electron chi connectivity index (χ3n) is 5.03. The molecule has 1 saturated carbocycles. The highest BCUT2D eigenvalue weighted by Gasteiger charge is 2.29. The minimum absolute atomic E-state index is 0.259. The summed E-state index contributed by atoms with van der Waals surface area (Å²) in [4.78, 5) is 12.7. The molecule has 0 aliphatic heterocycles. The predicted octanol–water partition coefficient (Wildman–Crippen LogP) is 4.42. The maximum absolute atomic E-state index is 12.7. The summed E-state index contributed by atoms with van der Waals surface area (Å²) in [6, 6.07) is 9.71. The summed E-state index contributed by atoms with van der Waals surface area (Å²) in [5, 5.41) is 8.09. The highest BCUT2D eigenvalue weighted by Crippen LogP contribution is 2.38. The fourth-order valence-corrected chi connectivity index (χ4v) is 3.40. The Kier molecular flexibility index (Phi) is 4.66. The lowest BCUT2D eigenvalue weighted by molar-refractivity contribution is 0.0279. The van der Waals surface area contributed by atoms with Crippen molar-refractivity contribution in [2.24, 2.45) is 0 Å². The number of methoxy groups -OCH3 is 1. The summed E-state index contributed by atoms with van der Waals surface area (Å²) in [6.07, 6.45) is 1.69. The summed E-state index contributed by atoms with van der Waals surface area (Å²) >= 11 is 0. The molecule has 1 aliphatic carbocycles. The van der Waals surface area contributed by atoms with Crippen LogP contribution in [0.2, 0.25) is 0 Å². The van der Waals surface area contributed by atoms with Gasteiger partial charge in [0.2, 0.25) is 5.89 Å². The third kappa shape index (κ3) is 3.40. The molecule has 0 bridgehead atoms. The van der Waals surface area contributed by atoms with E-state index in [4.69, 9.17) is 13.9 Å². The van der Waals surface area contributed by atoms with Crippen molar-refractivity contribution in [3.63, 3.8) is 0 Å². The van der Waals surface area contributed by atoms with Crippen molar-refractivity contribution in [1.29, 1.82) is 0 Å². The van der Waals surface area contributed by atoms with Crippen LogP contribution in [0.1, 0.15) is 59.5 Å². The SMILES string of the molecule is COc1ccc(-c2nnc([C@@H](C)OC(=O)c3cc(C)n(C4CC4)c3C)o2)cc1. The fourth-order valence-electron chi connectivity index (χ4n) is 3.40. The molecular formula is C21H23N3O4. The summed E-state index contributed by atoms with van der Waals surface area (Å²) in [7, 11) is 1.61. The Labute approximate surface area is 163 Å². The van der Waals surface area contributed by atoms with Gasteiger partial charge in [-0.25, -0.2) is 4.79 Å². The lowest BCUT2D eigenvalue weighted by atomic mass is 10.2. The number of nitrogens with zero attached hydrogens (tertiary/aromatic N) is 3. The van der Waals surface area contributed by atoms with Gasteiger partial charge in [0.1, 0.15) is 5.75 Å². The molecule has 2 aromatic heterocycles. The van der Waals surface area contributed by atoms with E-state index >= 15 is 0 Å². The van der Waals surface area contributed by atoms with Gasteiger partial charge >= 0.3 is 5.97 Å². The van der Waals surface area contributed by atoms with E-state index in [-0.39, 0.29) is 11.9 Å². The molecule has 0 spiro atoms. The van der Waals surface area contributed by atoms with Crippen molar-refractivity contribution < 1.29 is 18.7 Å². The van der Waals surface area contributed by atoms with Crippen LogP contribution in [0.25, 0.3) is 11.5 Å². The van der Waals surface area contributed by atoms with Crippen molar-refractivity contribution in [3.05, 3.63) is 53.2 Å². The maximum atomic E-state index is 12.7. The van der Waals surface area contributed by atoms with Crippen LogP contribution in [0.3, 0.4) is 0 Å². The number of aryl methyl sites for hydroxylation is 1. The Morgan fingerprint density at radius 1 is 1.21 bits per heavy atom. The van der Waals surface area contributed by atoms with E-state index in [1.807, 2.05) is 44.2 Å². The fraction of sp³-hybridized carbons (Fsp3) is 0.381. The molecule has 146 valence electrons. The molecule has 0 unspecified atom stereocenters. The smallest absolute Gasteiger partial charge is 0.340 e. The van der Waals surface area contributed by atoms with Crippen molar-refractivity contribution >= 4 is 5.97 Å². The van der Waals surface area contributed by atoms with E-state index < -0.39 is 6.10 Å². The van der Waals surface area contributed by atoms with Gasteiger partial charge in [-0.1, -0.05) is 0 Å². The lowest BCUT2D eigenvalue weighted by Gasteiger charge is -2.10. The zero-order valence-electron chi connectivity index (χ0n) is 16.4. The zero-order valence-corrected chi connectivity index (χ0v) is 16.4. The first-order valence-electron chi connectivity index (χ1n) is 9.35. The first-order chi connectivity index (χ1) is 13.5. The summed E-state index contributed by atoms with van der Waals surface area (Å²) in [6.45, 7) is 5.70. The number of benzene rings is 1. The van der Waals surface area contributed by atoms with Gasteiger partial charge < -0.3 is 18.5 Å². The predicted molar refractivity (Wildman–Crippen MR) is 102 cm³/mol. The van der Waals surface area contributed by atoms with Crippen molar-refractivity contribution in [1.82, 2.24) is 14.8 Å². The first-order valence-corrected chi connectivity index (χ1v) is 9.35. The molecule has 7 nitrogen and oxygen atoms in total. The number of aromatic nitrogens is 3. The van der Waals surface area contributed by atoms with Crippen LogP contribution < -0.4 is 4.74 Å². The molecule has 1 atom stereocenters. The Bertz CT molecular complexity index is 999. The van der Waals surface area contributed by atoms with E-state index in [1.54, 1.807) is 14.0 Å². The van der Waals surface area contributed by atoms with Gasteiger partial charge in [0.15, 0.2) is 6.10 Å². The van der Waals surface area contributed by atoms with Crippen LogP contribution in [-0.4, -0.2) is 27.8 Å². The topological polar surface area (TPSA) is 79.4 Å². The van der Waals surface area contributed by atoms with E-state index in [0.29, 0.717) is 17.5 Å². The average Bonchev–Trinajstić information content (AvgIpc) is 3.30. The largest absolute Gasteiger partial charge is 0.497 e. The summed E-state index contributed by atoms with van der Waals surface area (Å²) < 4.78 is 18.7. The second-order valence-electron chi connectivity index (χ2n) is 7.11.